The summed E-state index contributed by atoms with van der Waals surface area (Å²) >= 11 is 0. The third-order valence-electron chi connectivity index (χ3n) is 5.77. The summed E-state index contributed by atoms with van der Waals surface area (Å²) in [5.41, 5.74) is 0.825. The van der Waals surface area contributed by atoms with Crippen molar-refractivity contribution in [3.63, 3.8) is 0 Å². The van der Waals surface area contributed by atoms with Crippen molar-refractivity contribution in [2.45, 2.75) is 0 Å². The van der Waals surface area contributed by atoms with Crippen LogP contribution in [0.25, 0.3) is 0 Å². The van der Waals surface area contributed by atoms with Gasteiger partial charge in [-0.25, -0.2) is 0 Å². The molecule has 2 rings (SSSR count). The summed E-state index contributed by atoms with van der Waals surface area (Å²) in [5, 5.41) is 0. The van der Waals surface area contributed by atoms with Crippen LogP contribution in [0.5, 0.6) is 17.2 Å². The van der Waals surface area contributed by atoms with Gasteiger partial charge in [-0.15, -0.1) is 0 Å². The van der Waals surface area contributed by atoms with Gasteiger partial charge in [-0.05, 0) is 18.2 Å². The molecule has 0 aromatic heterocycles. The molecule has 0 unspecified atom stereocenters. The zero-order valence-electron chi connectivity index (χ0n) is 24.1. The summed E-state index contributed by atoms with van der Waals surface area (Å²) in [6.07, 6.45) is 0.565. The quantitative estimate of drug-likeness (QED) is 0.112. The van der Waals surface area contributed by atoms with Crippen molar-refractivity contribution >= 4 is 41.5 Å². The van der Waals surface area contributed by atoms with Crippen molar-refractivity contribution in [2.24, 2.45) is 0 Å². The van der Waals surface area contributed by atoms with Gasteiger partial charge in [0, 0.05) is 6.07 Å². The van der Waals surface area contributed by atoms with Gasteiger partial charge in [-0.2, -0.15) is 0 Å². The number of nitrogens with zero attached hydrogens (tertiary/aromatic N) is 2. The molecule has 228 valence electrons. The van der Waals surface area contributed by atoms with Gasteiger partial charge in [0.1, 0.15) is 56.6 Å². The summed E-state index contributed by atoms with van der Waals surface area (Å²) in [6, 6.07) is 9.61. The molecule has 14 nitrogen and oxygen atoms in total. The van der Waals surface area contributed by atoms with E-state index in [4.69, 9.17) is 33.2 Å². The first-order chi connectivity index (χ1) is 20.2. The lowest BCUT2D eigenvalue weighted by Gasteiger charge is -2.26. The molecule has 0 amide bonds. The first-order valence-corrected chi connectivity index (χ1v) is 12.5. The predicted molar refractivity (Wildman–Crippen MR) is 148 cm³/mol. The summed E-state index contributed by atoms with van der Waals surface area (Å²) in [6.45, 7) is -1.19. The van der Waals surface area contributed by atoms with Crippen LogP contribution in [0.4, 0.5) is 11.4 Å². The number of hydrogen-bond donors (Lipinski definition) is 0. The fourth-order valence-corrected chi connectivity index (χ4v) is 3.68. The lowest BCUT2D eigenvalue weighted by atomic mass is 10.1. The molecule has 0 N–H and O–H groups in total. The number of benzene rings is 2. The standard InChI is InChI=1S/C28H34N2O12/c1-36-23-13-24(21(12-19(23)18-31)30(16-27(34)39-4)17-28(35)40-5)42-11-10-41-22-9-7-6-8-20(22)29(14-25(32)37-2)15-26(33)38-3/h6-9,12-13,18H,10-11,14-17H2,1-5H3. The summed E-state index contributed by atoms with van der Waals surface area (Å²) in [7, 11) is 6.25. The van der Waals surface area contributed by atoms with E-state index in [1.54, 1.807) is 24.3 Å². The van der Waals surface area contributed by atoms with E-state index in [0.717, 1.165) is 0 Å². The number of anilines is 2. The van der Waals surface area contributed by atoms with Crippen LogP contribution in [-0.2, 0) is 38.1 Å². The molecule has 0 bridgehead atoms. The highest BCUT2D eigenvalue weighted by Gasteiger charge is 2.23. The average molecular weight is 591 g/mol. The van der Waals surface area contributed by atoms with Crippen molar-refractivity contribution in [2.75, 3.05) is 84.7 Å². The zero-order chi connectivity index (χ0) is 31.1. The molecule has 0 atom stereocenters. The van der Waals surface area contributed by atoms with Gasteiger partial charge < -0.3 is 43.0 Å². The Kier molecular flexibility index (Phi) is 13.4. The van der Waals surface area contributed by atoms with Gasteiger partial charge in [-0.3, -0.25) is 24.0 Å². The van der Waals surface area contributed by atoms with Crippen molar-refractivity contribution in [3.05, 3.63) is 42.0 Å². The fraction of sp³-hybridized carbons (Fsp3) is 0.393. The third kappa shape index (κ3) is 9.57. The number of hydrogen-bond acceptors (Lipinski definition) is 14. The minimum Gasteiger partial charge on any atom is -0.496 e. The minimum atomic E-state index is -0.642. The summed E-state index contributed by atoms with van der Waals surface area (Å²) in [5.74, 6) is -1.69. The van der Waals surface area contributed by atoms with Gasteiger partial charge in [0.25, 0.3) is 0 Å². The number of para-hydroxylation sites is 2. The number of rotatable bonds is 17. The maximum Gasteiger partial charge on any atom is 0.325 e. The second-order valence-electron chi connectivity index (χ2n) is 8.36. The van der Waals surface area contributed by atoms with Crippen LogP contribution < -0.4 is 24.0 Å². The molecule has 0 fully saturated rings. The molecule has 0 saturated heterocycles. The molecule has 0 radical (unpaired) electrons. The molecule has 0 aliphatic rings. The Morgan fingerprint density at radius 1 is 0.619 bits per heavy atom. The molecule has 14 heteroatoms. The zero-order valence-corrected chi connectivity index (χ0v) is 24.1. The summed E-state index contributed by atoms with van der Waals surface area (Å²) in [4.78, 5) is 62.6. The van der Waals surface area contributed by atoms with E-state index in [9.17, 15) is 24.0 Å². The Hall–Kier alpha value is -5.01. The number of ether oxygens (including phenoxy) is 7. The van der Waals surface area contributed by atoms with E-state index in [1.165, 1.54) is 57.5 Å². The Bertz CT molecular complexity index is 1210. The van der Waals surface area contributed by atoms with E-state index in [-0.39, 0.29) is 62.1 Å². The Balaban J connectivity index is 2.31. The molecule has 2 aromatic rings. The average Bonchev–Trinajstić information content (AvgIpc) is 3.01. The van der Waals surface area contributed by atoms with E-state index in [2.05, 4.69) is 0 Å². The SMILES string of the molecule is COC(=O)CN(CC(=O)OC)c1ccccc1OCCOc1cc(OC)c(C=O)cc1N(CC(=O)OC)CC(=O)OC. The van der Waals surface area contributed by atoms with Crippen LogP contribution in [0, 0.1) is 0 Å². The summed E-state index contributed by atoms with van der Waals surface area (Å²) < 4.78 is 36.1. The van der Waals surface area contributed by atoms with E-state index >= 15 is 0 Å². The van der Waals surface area contributed by atoms with Gasteiger partial charge >= 0.3 is 23.9 Å². The van der Waals surface area contributed by atoms with Crippen LogP contribution in [0.15, 0.2) is 36.4 Å². The van der Waals surface area contributed by atoms with Crippen molar-refractivity contribution in [1.29, 1.82) is 0 Å². The molecule has 42 heavy (non-hydrogen) atoms. The molecule has 0 spiro atoms. The maximum absolute atomic E-state index is 12.1. The van der Waals surface area contributed by atoms with Crippen LogP contribution in [0.3, 0.4) is 0 Å². The number of carbonyl (C=O) groups excluding carboxylic acids is 5. The molecular formula is C28H34N2O12. The van der Waals surface area contributed by atoms with Gasteiger partial charge in [0.15, 0.2) is 6.29 Å². The highest BCUT2D eigenvalue weighted by atomic mass is 16.5. The highest BCUT2D eigenvalue weighted by molar-refractivity contribution is 5.87. The van der Waals surface area contributed by atoms with E-state index < -0.39 is 23.9 Å². The normalized spacial score (nSPS) is 10.1. The Labute approximate surface area is 242 Å². The molecule has 0 aliphatic heterocycles. The predicted octanol–water partition coefficient (Wildman–Crippen LogP) is 1.27. The van der Waals surface area contributed by atoms with Gasteiger partial charge in [0.2, 0.25) is 0 Å². The van der Waals surface area contributed by atoms with Crippen molar-refractivity contribution in [3.8, 4) is 17.2 Å². The van der Waals surface area contributed by atoms with E-state index in [1.807, 2.05) is 0 Å². The van der Waals surface area contributed by atoms with Crippen LogP contribution >= 0.6 is 0 Å². The number of methoxy groups -OCH3 is 5. The van der Waals surface area contributed by atoms with Crippen LogP contribution in [0.1, 0.15) is 10.4 Å². The molecule has 0 saturated carbocycles. The minimum absolute atomic E-state index is 0.00745. The lowest BCUT2D eigenvalue weighted by Crippen LogP contribution is -2.36. The number of carbonyl (C=O) groups is 5. The largest absolute Gasteiger partial charge is 0.496 e. The molecular weight excluding hydrogens is 556 g/mol. The van der Waals surface area contributed by atoms with Crippen molar-refractivity contribution in [1.82, 2.24) is 0 Å². The lowest BCUT2D eigenvalue weighted by molar-refractivity contribution is -0.141. The molecule has 2 aromatic carbocycles. The Morgan fingerprint density at radius 3 is 1.52 bits per heavy atom. The highest BCUT2D eigenvalue weighted by Crippen LogP contribution is 2.35. The maximum atomic E-state index is 12.1. The van der Waals surface area contributed by atoms with Crippen LogP contribution in [0.2, 0.25) is 0 Å². The van der Waals surface area contributed by atoms with Crippen LogP contribution in [-0.4, -0.2) is 105 Å². The van der Waals surface area contributed by atoms with Gasteiger partial charge in [-0.1, -0.05) is 12.1 Å². The second kappa shape index (κ2) is 16.9. The monoisotopic (exact) mass is 590 g/mol. The Morgan fingerprint density at radius 2 is 1.07 bits per heavy atom. The molecule has 0 heterocycles. The number of esters is 4. The van der Waals surface area contributed by atoms with Gasteiger partial charge in [0.05, 0.1) is 52.5 Å². The second-order valence-corrected chi connectivity index (χ2v) is 8.36. The smallest absolute Gasteiger partial charge is 0.325 e. The topological polar surface area (TPSA) is 156 Å². The fourth-order valence-electron chi connectivity index (χ4n) is 3.68. The van der Waals surface area contributed by atoms with Crippen molar-refractivity contribution < 1.29 is 57.1 Å². The first kappa shape index (κ1) is 33.2. The third-order valence-corrected chi connectivity index (χ3v) is 5.77. The number of aldehydes is 1. The van der Waals surface area contributed by atoms with E-state index in [0.29, 0.717) is 17.7 Å². The molecule has 0 aliphatic carbocycles. The first-order valence-electron chi connectivity index (χ1n) is 12.5.